The molecule has 0 atom stereocenters. The number of ketones is 3. The van der Waals surface area contributed by atoms with Crippen molar-refractivity contribution in [1.29, 1.82) is 0 Å². The summed E-state index contributed by atoms with van der Waals surface area (Å²) in [6.07, 6.45) is 0.167. The van der Waals surface area contributed by atoms with E-state index in [1.807, 2.05) is 0 Å². The molecule has 2 aromatic rings. The summed E-state index contributed by atoms with van der Waals surface area (Å²) in [7, 11) is 0. The Morgan fingerprint density at radius 2 is 1.43 bits per heavy atom. The monoisotopic (exact) mass is 298 g/mol. The summed E-state index contributed by atoms with van der Waals surface area (Å²) >= 11 is 5.49. The highest BCUT2D eigenvalue weighted by molar-refractivity contribution is 6.29. The molecule has 0 N–H and O–H groups in total. The normalized spacial score (nSPS) is 12.8. The second kappa shape index (κ2) is 5.26. The van der Waals surface area contributed by atoms with Crippen LogP contribution in [-0.2, 0) is 11.2 Å². The lowest BCUT2D eigenvalue weighted by atomic mass is 9.83. The molecule has 0 fully saturated rings. The third kappa shape index (κ3) is 2.30. The first kappa shape index (κ1) is 13.7. The van der Waals surface area contributed by atoms with Gasteiger partial charge >= 0.3 is 0 Å². The van der Waals surface area contributed by atoms with Gasteiger partial charge < -0.3 is 0 Å². The average molecular weight is 299 g/mol. The van der Waals surface area contributed by atoms with Crippen molar-refractivity contribution >= 4 is 29.0 Å². The number of benzene rings is 2. The van der Waals surface area contributed by atoms with Gasteiger partial charge in [0, 0.05) is 28.7 Å². The average Bonchev–Trinajstić information content (AvgIpc) is 2.52. The third-order valence-corrected chi connectivity index (χ3v) is 3.84. The van der Waals surface area contributed by atoms with Crippen LogP contribution in [0.5, 0.6) is 0 Å². The largest absolute Gasteiger partial charge is 0.298 e. The second-order valence-corrected chi connectivity index (χ2v) is 5.20. The predicted octanol–water partition coefficient (Wildman–Crippen LogP) is 2.81. The van der Waals surface area contributed by atoms with Crippen LogP contribution in [0.2, 0.25) is 0 Å². The number of hydrogen-bond acceptors (Lipinski definition) is 3. The van der Waals surface area contributed by atoms with Gasteiger partial charge in [-0.3, -0.25) is 14.4 Å². The quantitative estimate of drug-likeness (QED) is 0.699. The molecule has 0 amide bonds. The van der Waals surface area contributed by atoms with Crippen LogP contribution in [-0.4, -0.2) is 23.2 Å². The first-order valence-corrected chi connectivity index (χ1v) is 7.04. The molecule has 1 aliphatic rings. The van der Waals surface area contributed by atoms with Crippen molar-refractivity contribution in [3.63, 3.8) is 0 Å². The van der Waals surface area contributed by atoms with Gasteiger partial charge in [-0.25, -0.2) is 0 Å². The van der Waals surface area contributed by atoms with Crippen LogP contribution >= 0.6 is 11.6 Å². The number of halogens is 1. The Morgan fingerprint density at radius 3 is 2.05 bits per heavy atom. The summed E-state index contributed by atoms with van der Waals surface area (Å²) in [6, 6.07) is 11.7. The summed E-state index contributed by atoms with van der Waals surface area (Å²) in [5, 5.41) is 0. The van der Waals surface area contributed by atoms with E-state index in [0.29, 0.717) is 27.8 Å². The first-order valence-electron chi connectivity index (χ1n) is 6.51. The van der Waals surface area contributed by atoms with Crippen molar-refractivity contribution in [2.24, 2.45) is 0 Å². The van der Waals surface area contributed by atoms with E-state index in [1.165, 1.54) is 0 Å². The molecule has 1 aliphatic carbocycles. The van der Waals surface area contributed by atoms with Crippen LogP contribution in [0.4, 0.5) is 0 Å². The molecule has 0 unspecified atom stereocenters. The minimum atomic E-state index is -0.180. The van der Waals surface area contributed by atoms with E-state index in [0.717, 1.165) is 0 Å². The van der Waals surface area contributed by atoms with Gasteiger partial charge in [-0.2, -0.15) is 0 Å². The molecule has 0 saturated carbocycles. The number of Topliss-reactive ketones (excluding diaryl/α,β-unsaturated/α-hetero) is 1. The van der Waals surface area contributed by atoms with Gasteiger partial charge in [-0.05, 0) is 11.6 Å². The molecular formula is C17H11ClO3. The van der Waals surface area contributed by atoms with Crippen molar-refractivity contribution < 1.29 is 14.4 Å². The third-order valence-electron chi connectivity index (χ3n) is 3.54. The Balaban J connectivity index is 2.09. The molecule has 4 heteroatoms. The van der Waals surface area contributed by atoms with Crippen LogP contribution < -0.4 is 0 Å². The van der Waals surface area contributed by atoms with Crippen LogP contribution in [0.1, 0.15) is 37.4 Å². The molecule has 0 saturated heterocycles. The van der Waals surface area contributed by atoms with E-state index in [2.05, 4.69) is 0 Å². The maximum absolute atomic E-state index is 12.5. The van der Waals surface area contributed by atoms with Gasteiger partial charge in [-0.15, -0.1) is 11.6 Å². The smallest absolute Gasteiger partial charge is 0.194 e. The van der Waals surface area contributed by atoms with Gasteiger partial charge in [0.15, 0.2) is 17.3 Å². The number of rotatable bonds is 3. The zero-order valence-corrected chi connectivity index (χ0v) is 11.8. The number of hydrogen-bond donors (Lipinski definition) is 0. The Labute approximate surface area is 126 Å². The summed E-state index contributed by atoms with van der Waals surface area (Å²) in [5.41, 5.74) is 2.29. The van der Waals surface area contributed by atoms with E-state index >= 15 is 0 Å². The van der Waals surface area contributed by atoms with Gasteiger partial charge in [0.2, 0.25) is 0 Å². The topological polar surface area (TPSA) is 51.2 Å². The van der Waals surface area contributed by atoms with Gasteiger partial charge in [0.1, 0.15) is 0 Å². The Bertz CT molecular complexity index is 777. The summed E-state index contributed by atoms with van der Waals surface area (Å²) < 4.78 is 0. The van der Waals surface area contributed by atoms with Crippen LogP contribution in [0, 0.1) is 0 Å². The molecule has 104 valence electrons. The van der Waals surface area contributed by atoms with E-state index in [4.69, 9.17) is 11.6 Å². The lowest BCUT2D eigenvalue weighted by Gasteiger charge is -2.17. The molecule has 0 bridgehead atoms. The summed E-state index contributed by atoms with van der Waals surface area (Å²) in [6.45, 7) is 0. The van der Waals surface area contributed by atoms with E-state index < -0.39 is 0 Å². The molecule has 0 aliphatic heterocycles. The standard InChI is InChI=1S/C17H11ClO3/c18-9-11(19)7-10-5-6-14-15(8-10)17(21)13-4-2-1-3-12(13)16(14)20/h1-6,8H,7,9H2. The highest BCUT2D eigenvalue weighted by Gasteiger charge is 2.29. The molecule has 2 aromatic carbocycles. The number of alkyl halides is 1. The Hall–Kier alpha value is -2.26. The van der Waals surface area contributed by atoms with Gasteiger partial charge in [0.25, 0.3) is 0 Å². The maximum atomic E-state index is 12.5. The molecule has 0 aromatic heterocycles. The zero-order valence-electron chi connectivity index (χ0n) is 11.1. The molecule has 3 nitrogen and oxygen atoms in total. The molecule has 3 rings (SSSR count). The molecule has 0 heterocycles. The fraction of sp³-hybridized carbons (Fsp3) is 0.118. The number of fused-ring (bicyclic) bond motifs is 2. The van der Waals surface area contributed by atoms with E-state index in [1.54, 1.807) is 42.5 Å². The first-order chi connectivity index (χ1) is 10.1. The van der Waals surface area contributed by atoms with Crippen molar-refractivity contribution in [2.45, 2.75) is 6.42 Å². The Kier molecular flexibility index (Phi) is 3.43. The van der Waals surface area contributed by atoms with E-state index in [-0.39, 0.29) is 29.7 Å². The van der Waals surface area contributed by atoms with Crippen molar-refractivity contribution in [1.82, 2.24) is 0 Å². The highest BCUT2D eigenvalue weighted by atomic mass is 35.5. The minimum Gasteiger partial charge on any atom is -0.298 e. The number of carbonyl (C=O) groups excluding carboxylic acids is 3. The van der Waals surface area contributed by atoms with Crippen LogP contribution in [0.25, 0.3) is 0 Å². The molecule has 21 heavy (non-hydrogen) atoms. The van der Waals surface area contributed by atoms with E-state index in [9.17, 15) is 14.4 Å². The highest BCUT2D eigenvalue weighted by Crippen LogP contribution is 2.27. The van der Waals surface area contributed by atoms with Crippen molar-refractivity contribution in [3.8, 4) is 0 Å². The predicted molar refractivity (Wildman–Crippen MR) is 79.2 cm³/mol. The Morgan fingerprint density at radius 1 is 0.857 bits per heavy atom. The van der Waals surface area contributed by atoms with Crippen LogP contribution in [0.3, 0.4) is 0 Å². The lowest BCUT2D eigenvalue weighted by molar-refractivity contribution is -0.116. The van der Waals surface area contributed by atoms with Crippen molar-refractivity contribution in [3.05, 3.63) is 70.3 Å². The zero-order chi connectivity index (χ0) is 15.0. The van der Waals surface area contributed by atoms with Gasteiger partial charge in [0.05, 0.1) is 5.88 Å². The summed E-state index contributed by atoms with van der Waals surface area (Å²) in [5.74, 6) is -0.519. The fourth-order valence-corrected chi connectivity index (χ4v) is 2.63. The molecule has 0 spiro atoms. The summed E-state index contributed by atoms with van der Waals surface area (Å²) in [4.78, 5) is 36.3. The molecular weight excluding hydrogens is 288 g/mol. The minimum absolute atomic E-state index is 0.0627. The van der Waals surface area contributed by atoms with Gasteiger partial charge in [-0.1, -0.05) is 36.4 Å². The second-order valence-electron chi connectivity index (χ2n) is 4.93. The lowest BCUT2D eigenvalue weighted by Crippen LogP contribution is -2.21. The molecule has 0 radical (unpaired) electrons. The van der Waals surface area contributed by atoms with Crippen molar-refractivity contribution in [2.75, 3.05) is 5.88 Å². The number of carbonyl (C=O) groups is 3. The fourth-order valence-electron chi connectivity index (χ4n) is 2.53. The maximum Gasteiger partial charge on any atom is 0.194 e. The SMILES string of the molecule is O=C(CCl)Cc1ccc2c(c1)C(=O)c1ccccc1C2=O. The van der Waals surface area contributed by atoms with Crippen LogP contribution in [0.15, 0.2) is 42.5 Å².